The van der Waals surface area contributed by atoms with Crippen molar-refractivity contribution in [2.45, 2.75) is 56.0 Å². The van der Waals surface area contributed by atoms with Gasteiger partial charge in [0.1, 0.15) is 18.4 Å². The Morgan fingerprint density at radius 1 is 1.13 bits per heavy atom. The highest BCUT2D eigenvalue weighted by Crippen LogP contribution is 2.69. The number of hydrogen-bond donors (Lipinski definition) is 2. The van der Waals surface area contributed by atoms with E-state index in [4.69, 9.17) is 4.74 Å². The average Bonchev–Trinajstić information content (AvgIpc) is 3.71. The number of H-pyrrole nitrogens is 1. The number of aryl methyl sites for hydroxylation is 1. The molecule has 2 N–H and O–H groups in total. The molecule has 3 aromatic rings. The Kier molecular flexibility index (Phi) is 7.16. The van der Waals surface area contributed by atoms with Gasteiger partial charge in [-0.2, -0.15) is 0 Å². The molecule has 1 saturated heterocycles. The van der Waals surface area contributed by atoms with Crippen LogP contribution < -0.4 is 9.61 Å². The maximum absolute atomic E-state index is 14.0. The molecule has 3 heterocycles. The summed E-state index contributed by atoms with van der Waals surface area (Å²) in [6.45, 7) is 5.57. The van der Waals surface area contributed by atoms with Crippen LogP contribution in [0.15, 0.2) is 52.3 Å². The van der Waals surface area contributed by atoms with Crippen molar-refractivity contribution < 1.29 is 29.2 Å². The molecule has 1 aromatic heterocycles. The molecule has 2 aliphatic carbocycles. The van der Waals surface area contributed by atoms with E-state index in [0.717, 1.165) is 32.2 Å². The summed E-state index contributed by atoms with van der Waals surface area (Å²) in [7, 11) is 0. The molecule has 45 heavy (non-hydrogen) atoms. The smallest absolute Gasteiger partial charge is 0.327 e. The zero-order chi connectivity index (χ0) is 31.9. The Bertz CT molecular complexity index is 1820. The van der Waals surface area contributed by atoms with Gasteiger partial charge in [0, 0.05) is 33.7 Å². The molecule has 11 nitrogen and oxygen atoms in total. The van der Waals surface area contributed by atoms with Crippen LogP contribution >= 0.6 is 23.1 Å². The maximum atomic E-state index is 14.0. The van der Waals surface area contributed by atoms with Crippen molar-refractivity contribution in [1.82, 2.24) is 9.88 Å². The lowest BCUT2D eigenvalue weighted by Crippen LogP contribution is -2.49. The number of aromatic amines is 1. The lowest BCUT2D eigenvalue weighted by Gasteiger charge is -2.43. The fourth-order valence-electron chi connectivity index (χ4n) is 8.34. The summed E-state index contributed by atoms with van der Waals surface area (Å²) in [5.74, 6) is -4.66. The number of hydrogen-bond acceptors (Lipinski definition) is 9. The van der Waals surface area contributed by atoms with Crippen molar-refractivity contribution in [3.63, 3.8) is 0 Å². The number of ether oxygens (including phenoxy) is 1. The van der Waals surface area contributed by atoms with E-state index < -0.39 is 52.4 Å². The number of likely N-dealkylation sites (tertiary alicyclic amines) is 1. The number of thiazole rings is 1. The molecule has 4 aliphatic rings. The van der Waals surface area contributed by atoms with Crippen molar-refractivity contribution in [3.05, 3.63) is 83.8 Å². The molecule has 0 spiro atoms. The maximum Gasteiger partial charge on any atom is 0.327 e. The Morgan fingerprint density at radius 2 is 1.87 bits per heavy atom. The van der Waals surface area contributed by atoms with Gasteiger partial charge in [0.2, 0.25) is 11.8 Å². The number of nitrogens with one attached hydrogen (secondary N) is 1. The topological polar surface area (TPSA) is 160 Å². The number of amides is 2. The first-order valence-electron chi connectivity index (χ1n) is 14.9. The number of aromatic nitrogens is 1. The summed E-state index contributed by atoms with van der Waals surface area (Å²) < 4.78 is 6.33. The summed E-state index contributed by atoms with van der Waals surface area (Å²) in [6.07, 6.45) is 0.604. The van der Waals surface area contributed by atoms with E-state index in [1.54, 1.807) is 19.9 Å². The van der Waals surface area contributed by atoms with Gasteiger partial charge in [-0.1, -0.05) is 55.0 Å². The van der Waals surface area contributed by atoms with Crippen LogP contribution in [0.4, 0.5) is 5.69 Å². The minimum atomic E-state index is -1.25. The number of carboxylic acids is 1. The zero-order valence-electron chi connectivity index (χ0n) is 24.7. The number of non-ortho nitro benzene ring substituents is 1. The predicted molar refractivity (Wildman–Crippen MR) is 165 cm³/mol. The molecule has 234 valence electrons. The lowest BCUT2D eigenvalue weighted by atomic mass is 9.68. The van der Waals surface area contributed by atoms with Gasteiger partial charge in [0.15, 0.2) is 0 Å². The number of nitrogens with zero attached hydrogens (tertiary/aromatic N) is 2. The summed E-state index contributed by atoms with van der Waals surface area (Å²) in [5.41, 5.74) is 2.44. The van der Waals surface area contributed by atoms with Crippen LogP contribution in [0, 0.1) is 52.5 Å². The average molecular weight is 650 g/mol. The number of carboxylic acid groups (broad SMARTS) is 1. The van der Waals surface area contributed by atoms with Gasteiger partial charge in [0.25, 0.3) is 5.69 Å². The molecule has 8 atom stereocenters. The van der Waals surface area contributed by atoms with Gasteiger partial charge in [-0.05, 0) is 48.6 Å². The van der Waals surface area contributed by atoms with Crippen LogP contribution in [0.3, 0.4) is 0 Å². The number of imide groups is 1. The predicted octanol–water partition coefficient (Wildman–Crippen LogP) is 4.81. The van der Waals surface area contributed by atoms with Crippen molar-refractivity contribution in [3.8, 4) is 5.75 Å². The third-order valence-corrected chi connectivity index (χ3v) is 12.5. The van der Waals surface area contributed by atoms with E-state index in [1.165, 1.54) is 23.9 Å². The second-order valence-electron chi connectivity index (χ2n) is 12.8. The number of thioether (sulfide) groups is 1. The Morgan fingerprint density at radius 3 is 2.53 bits per heavy atom. The molecular formula is C32H31N3O8S2. The SMILES string of the molecule is Cc1cccc(COc2ccc([N+](=O)[O-])cc2[C@H]2c3sc(=O)[nH]c3SC3C4CC(C5C(=O)N(C(C(=O)O)C(C)C)C(=O)C45)C32)c1. The van der Waals surface area contributed by atoms with E-state index in [0.29, 0.717) is 22.8 Å². The summed E-state index contributed by atoms with van der Waals surface area (Å²) in [4.78, 5) is 68.6. The largest absolute Gasteiger partial charge is 0.489 e. The van der Waals surface area contributed by atoms with Gasteiger partial charge < -0.3 is 14.8 Å². The van der Waals surface area contributed by atoms with Crippen molar-refractivity contribution in [1.29, 1.82) is 0 Å². The fraction of sp³-hybridized carbons (Fsp3) is 0.438. The third kappa shape index (κ3) is 4.61. The highest BCUT2D eigenvalue weighted by molar-refractivity contribution is 8.00. The van der Waals surface area contributed by atoms with Gasteiger partial charge in [-0.3, -0.25) is 29.4 Å². The first-order valence-corrected chi connectivity index (χ1v) is 16.6. The minimum absolute atomic E-state index is 0.118. The molecule has 13 heteroatoms. The van der Waals surface area contributed by atoms with Crippen molar-refractivity contribution >= 4 is 46.6 Å². The second-order valence-corrected chi connectivity index (χ2v) is 15.0. The number of carbonyl (C=O) groups is 3. The highest BCUT2D eigenvalue weighted by Gasteiger charge is 2.70. The highest BCUT2D eigenvalue weighted by atomic mass is 32.2. The van der Waals surface area contributed by atoms with Crippen LogP contribution in [0.25, 0.3) is 0 Å². The van der Waals surface area contributed by atoms with E-state index >= 15 is 0 Å². The van der Waals surface area contributed by atoms with E-state index in [2.05, 4.69) is 4.98 Å². The Hall–Kier alpha value is -3.97. The number of nitro benzene ring substituents is 1. The number of carbonyl (C=O) groups excluding carboxylic acids is 2. The molecule has 2 saturated carbocycles. The van der Waals surface area contributed by atoms with Crippen LogP contribution in [0.5, 0.6) is 5.75 Å². The number of nitro groups is 1. The molecule has 3 fully saturated rings. The van der Waals surface area contributed by atoms with Gasteiger partial charge >= 0.3 is 10.8 Å². The van der Waals surface area contributed by atoms with E-state index in [9.17, 15) is 34.4 Å². The molecular weight excluding hydrogens is 618 g/mol. The molecule has 7 unspecified atom stereocenters. The van der Waals surface area contributed by atoms with Crippen LogP contribution in [-0.4, -0.2) is 49.0 Å². The van der Waals surface area contributed by atoms with Crippen molar-refractivity contribution in [2.75, 3.05) is 0 Å². The lowest BCUT2D eigenvalue weighted by molar-refractivity contribution is -0.385. The summed E-state index contributed by atoms with van der Waals surface area (Å²) in [6, 6.07) is 11.1. The first-order chi connectivity index (χ1) is 21.5. The molecule has 2 aromatic carbocycles. The summed E-state index contributed by atoms with van der Waals surface area (Å²) in [5, 5.41) is 22.4. The molecule has 7 rings (SSSR count). The molecule has 2 bridgehead atoms. The fourth-order valence-corrected chi connectivity index (χ4v) is 11.2. The summed E-state index contributed by atoms with van der Waals surface area (Å²) >= 11 is 2.55. The van der Waals surface area contributed by atoms with Gasteiger partial charge in [0.05, 0.1) is 21.8 Å². The van der Waals surface area contributed by atoms with Crippen LogP contribution in [0.2, 0.25) is 0 Å². The van der Waals surface area contributed by atoms with Crippen LogP contribution in [-0.2, 0) is 21.0 Å². The quantitative estimate of drug-likeness (QED) is 0.198. The Balaban J connectivity index is 1.33. The zero-order valence-corrected chi connectivity index (χ0v) is 26.3. The minimum Gasteiger partial charge on any atom is -0.489 e. The standard InChI is InChI=1S/C32H31N3O8S2/c1-13(2)25(31(38)39)34-29(36)23-18-11-19(24(23)30(34)37)26-22(18)21(27-28(44-26)33-32(40)45-27)17-10-16(35(41)42)7-8-20(17)43-12-15-6-4-5-14(3)9-15/h4-10,13,18-19,21-26H,11-12H2,1-3H3,(H,33,40)(H,38,39)/t18?,19?,21-,22?,23?,24?,25?,26?/m1/s1. The number of aliphatic carboxylic acids is 1. The number of benzene rings is 2. The van der Waals surface area contributed by atoms with Crippen molar-refractivity contribution in [2.24, 2.45) is 35.5 Å². The number of fused-ring (bicyclic) bond motifs is 9. The normalized spacial score (nSPS) is 28.6. The monoisotopic (exact) mass is 649 g/mol. The van der Waals surface area contributed by atoms with E-state index in [1.807, 2.05) is 31.2 Å². The number of rotatable bonds is 8. The second kappa shape index (κ2) is 10.8. The molecule has 2 aliphatic heterocycles. The first kappa shape index (κ1) is 29.7. The van der Waals surface area contributed by atoms with Gasteiger partial charge in [-0.15, -0.1) is 11.8 Å². The van der Waals surface area contributed by atoms with Gasteiger partial charge in [-0.25, -0.2) is 4.79 Å². The van der Waals surface area contributed by atoms with E-state index in [-0.39, 0.29) is 40.2 Å². The van der Waals surface area contributed by atoms with Crippen LogP contribution in [0.1, 0.15) is 47.8 Å². The molecule has 2 amide bonds. The molecule has 0 radical (unpaired) electrons. The third-order valence-electron chi connectivity index (χ3n) is 9.94. The Labute approximate surface area is 266 Å².